The third kappa shape index (κ3) is 3.29. The maximum absolute atomic E-state index is 13.6. The van der Waals surface area contributed by atoms with Crippen molar-refractivity contribution >= 4 is 5.91 Å². The van der Waals surface area contributed by atoms with Crippen molar-refractivity contribution in [2.45, 2.75) is 6.54 Å². The smallest absolute Gasteiger partial charge is 0.272 e. The number of rotatable bonds is 4. The molecule has 1 N–H and O–H groups in total. The molecule has 0 spiro atoms. The average molecular weight is 309 g/mol. The summed E-state index contributed by atoms with van der Waals surface area (Å²) in [6, 6.07) is 17.8. The molecule has 0 aliphatic carbocycles. The molecule has 0 fully saturated rings. The Kier molecular flexibility index (Phi) is 4.19. The normalized spacial score (nSPS) is 10.5. The number of amides is 1. The average Bonchev–Trinajstić information content (AvgIpc) is 2.96. The van der Waals surface area contributed by atoms with Crippen LogP contribution in [0.15, 0.2) is 60.7 Å². The highest BCUT2D eigenvalue weighted by Gasteiger charge is 2.14. The van der Waals surface area contributed by atoms with Gasteiger partial charge in [0.25, 0.3) is 5.91 Å². The third-order valence-corrected chi connectivity index (χ3v) is 3.58. The van der Waals surface area contributed by atoms with Crippen LogP contribution < -0.4 is 5.32 Å². The number of benzene rings is 2. The van der Waals surface area contributed by atoms with E-state index < -0.39 is 0 Å². The summed E-state index contributed by atoms with van der Waals surface area (Å²) in [7, 11) is 1.79. The molecule has 0 atom stereocenters. The van der Waals surface area contributed by atoms with E-state index in [0.29, 0.717) is 11.3 Å². The number of hydrogen-bond donors (Lipinski definition) is 1. The minimum Gasteiger partial charge on any atom is -0.346 e. The van der Waals surface area contributed by atoms with Gasteiger partial charge in [0.15, 0.2) is 5.69 Å². The minimum atomic E-state index is -0.334. The Hall–Kier alpha value is -2.95. The number of nitrogens with zero attached hydrogens (tertiary/aromatic N) is 2. The maximum atomic E-state index is 13.6. The van der Waals surface area contributed by atoms with Crippen molar-refractivity contribution in [3.05, 3.63) is 77.7 Å². The zero-order valence-corrected chi connectivity index (χ0v) is 12.7. The van der Waals surface area contributed by atoms with E-state index in [0.717, 1.165) is 11.3 Å². The van der Waals surface area contributed by atoms with Gasteiger partial charge in [-0.15, -0.1) is 0 Å². The number of nitrogens with one attached hydrogen (secondary N) is 1. The minimum absolute atomic E-state index is 0.128. The highest BCUT2D eigenvalue weighted by molar-refractivity contribution is 5.93. The highest BCUT2D eigenvalue weighted by Crippen LogP contribution is 2.19. The standard InChI is InChI=1S/C18H16FN3O/c1-22-17(13-7-3-2-4-8-13)11-16(21-22)18(23)20-12-14-9-5-6-10-15(14)19/h2-11H,12H2,1H3,(H,20,23). The molecule has 0 saturated carbocycles. The van der Waals surface area contributed by atoms with Gasteiger partial charge in [0.1, 0.15) is 5.82 Å². The lowest BCUT2D eigenvalue weighted by atomic mass is 10.1. The van der Waals surface area contributed by atoms with Gasteiger partial charge in [0.2, 0.25) is 0 Å². The summed E-state index contributed by atoms with van der Waals surface area (Å²) in [6.07, 6.45) is 0. The summed E-state index contributed by atoms with van der Waals surface area (Å²) in [4.78, 5) is 12.2. The number of carbonyl (C=O) groups is 1. The molecule has 0 bridgehead atoms. The van der Waals surface area contributed by atoms with Crippen LogP contribution in [-0.2, 0) is 13.6 Å². The monoisotopic (exact) mass is 309 g/mol. The second-order valence-corrected chi connectivity index (χ2v) is 5.18. The first-order valence-electron chi connectivity index (χ1n) is 7.26. The van der Waals surface area contributed by atoms with Crippen LogP contribution in [0.2, 0.25) is 0 Å². The molecular formula is C18H16FN3O. The Morgan fingerprint density at radius 2 is 1.83 bits per heavy atom. The number of aryl methyl sites for hydroxylation is 1. The molecule has 1 aromatic heterocycles. The fraction of sp³-hybridized carbons (Fsp3) is 0.111. The van der Waals surface area contributed by atoms with E-state index in [4.69, 9.17) is 0 Å². The molecule has 0 aliphatic heterocycles. The van der Waals surface area contributed by atoms with Crippen LogP contribution >= 0.6 is 0 Å². The summed E-state index contributed by atoms with van der Waals surface area (Å²) in [6.45, 7) is 0.128. The molecule has 116 valence electrons. The van der Waals surface area contributed by atoms with E-state index >= 15 is 0 Å². The van der Waals surface area contributed by atoms with Crippen molar-refractivity contribution in [3.63, 3.8) is 0 Å². The number of hydrogen-bond acceptors (Lipinski definition) is 2. The van der Waals surface area contributed by atoms with Crippen LogP contribution in [-0.4, -0.2) is 15.7 Å². The Morgan fingerprint density at radius 3 is 2.57 bits per heavy atom. The fourth-order valence-corrected chi connectivity index (χ4v) is 2.37. The summed E-state index contributed by atoms with van der Waals surface area (Å²) in [5.74, 6) is -0.662. The molecule has 0 unspecified atom stereocenters. The van der Waals surface area contributed by atoms with Crippen LogP contribution in [0.3, 0.4) is 0 Å². The predicted molar refractivity (Wildman–Crippen MR) is 86.2 cm³/mol. The van der Waals surface area contributed by atoms with Crippen LogP contribution in [0.4, 0.5) is 4.39 Å². The summed E-state index contributed by atoms with van der Waals surface area (Å²) in [5, 5.41) is 6.93. The fourth-order valence-electron chi connectivity index (χ4n) is 2.37. The molecule has 0 saturated heterocycles. The zero-order chi connectivity index (χ0) is 16.2. The van der Waals surface area contributed by atoms with Crippen LogP contribution in [0.1, 0.15) is 16.1 Å². The van der Waals surface area contributed by atoms with E-state index in [1.165, 1.54) is 6.07 Å². The third-order valence-electron chi connectivity index (χ3n) is 3.58. The molecule has 5 heteroatoms. The van der Waals surface area contributed by atoms with Crippen LogP contribution in [0.5, 0.6) is 0 Å². The van der Waals surface area contributed by atoms with E-state index in [1.54, 1.807) is 36.0 Å². The van der Waals surface area contributed by atoms with Crippen LogP contribution in [0, 0.1) is 5.82 Å². The summed E-state index contributed by atoms with van der Waals surface area (Å²) < 4.78 is 15.2. The summed E-state index contributed by atoms with van der Waals surface area (Å²) in [5.41, 5.74) is 2.58. The van der Waals surface area contributed by atoms with Crippen LogP contribution in [0.25, 0.3) is 11.3 Å². The Labute approximate surface area is 133 Å². The van der Waals surface area contributed by atoms with Crippen molar-refractivity contribution in [2.24, 2.45) is 7.05 Å². The van der Waals surface area contributed by atoms with E-state index in [1.807, 2.05) is 30.3 Å². The molecule has 3 aromatic rings. The molecule has 23 heavy (non-hydrogen) atoms. The largest absolute Gasteiger partial charge is 0.346 e. The van der Waals surface area contributed by atoms with Crippen molar-refractivity contribution in [3.8, 4) is 11.3 Å². The first-order valence-corrected chi connectivity index (χ1v) is 7.26. The topological polar surface area (TPSA) is 46.9 Å². The summed E-state index contributed by atoms with van der Waals surface area (Å²) >= 11 is 0. The maximum Gasteiger partial charge on any atom is 0.272 e. The van der Waals surface area contributed by atoms with E-state index in [2.05, 4.69) is 10.4 Å². The lowest BCUT2D eigenvalue weighted by Crippen LogP contribution is -2.23. The lowest BCUT2D eigenvalue weighted by Gasteiger charge is -2.04. The number of halogens is 1. The Morgan fingerprint density at radius 1 is 1.13 bits per heavy atom. The van der Waals surface area contributed by atoms with Gasteiger partial charge in [-0.25, -0.2) is 4.39 Å². The van der Waals surface area contributed by atoms with Crippen molar-refractivity contribution in [1.82, 2.24) is 15.1 Å². The highest BCUT2D eigenvalue weighted by atomic mass is 19.1. The van der Waals surface area contributed by atoms with Gasteiger partial charge < -0.3 is 5.32 Å². The van der Waals surface area contributed by atoms with Gasteiger partial charge >= 0.3 is 0 Å². The number of carbonyl (C=O) groups excluding carboxylic acids is 1. The van der Waals surface area contributed by atoms with Gasteiger partial charge in [-0.2, -0.15) is 5.10 Å². The quantitative estimate of drug-likeness (QED) is 0.805. The second kappa shape index (κ2) is 6.44. The van der Waals surface area contributed by atoms with E-state index in [9.17, 15) is 9.18 Å². The molecule has 0 aliphatic rings. The molecule has 2 aromatic carbocycles. The first kappa shape index (κ1) is 15.0. The lowest BCUT2D eigenvalue weighted by molar-refractivity contribution is 0.0945. The molecule has 1 amide bonds. The molecular weight excluding hydrogens is 293 g/mol. The zero-order valence-electron chi connectivity index (χ0n) is 12.7. The van der Waals surface area contributed by atoms with Crippen molar-refractivity contribution in [2.75, 3.05) is 0 Å². The van der Waals surface area contributed by atoms with Gasteiger partial charge in [-0.3, -0.25) is 9.48 Å². The van der Waals surface area contributed by atoms with Crippen molar-refractivity contribution in [1.29, 1.82) is 0 Å². The Bertz CT molecular complexity index is 827. The van der Waals surface area contributed by atoms with Gasteiger partial charge in [0, 0.05) is 19.2 Å². The molecule has 3 rings (SSSR count). The van der Waals surface area contributed by atoms with Gasteiger partial charge in [-0.05, 0) is 17.7 Å². The first-order chi connectivity index (χ1) is 11.1. The Balaban J connectivity index is 1.75. The SMILES string of the molecule is Cn1nc(C(=O)NCc2ccccc2F)cc1-c1ccccc1. The number of aromatic nitrogens is 2. The van der Waals surface area contributed by atoms with Gasteiger partial charge in [0.05, 0.1) is 5.69 Å². The molecule has 0 radical (unpaired) electrons. The molecule has 1 heterocycles. The predicted octanol–water partition coefficient (Wildman–Crippen LogP) is 3.16. The van der Waals surface area contributed by atoms with E-state index in [-0.39, 0.29) is 18.3 Å². The molecule has 4 nitrogen and oxygen atoms in total. The van der Waals surface area contributed by atoms with Gasteiger partial charge in [-0.1, -0.05) is 48.5 Å². The second-order valence-electron chi connectivity index (χ2n) is 5.18. The van der Waals surface area contributed by atoms with Crippen molar-refractivity contribution < 1.29 is 9.18 Å².